The summed E-state index contributed by atoms with van der Waals surface area (Å²) < 4.78 is 11.1. The average Bonchev–Trinajstić information content (AvgIpc) is 3.19. The molecule has 7 heteroatoms. The van der Waals surface area contributed by atoms with E-state index in [1.807, 2.05) is 26.0 Å². The lowest BCUT2D eigenvalue weighted by molar-refractivity contribution is -0.132. The number of ether oxygens (including phenoxy) is 1. The summed E-state index contributed by atoms with van der Waals surface area (Å²) >= 11 is 0. The van der Waals surface area contributed by atoms with Gasteiger partial charge in [0, 0.05) is 12.1 Å². The molecule has 1 aromatic rings. The zero-order valence-electron chi connectivity index (χ0n) is 13.3. The maximum absolute atomic E-state index is 12.9. The number of carbonyl (C=O) groups excluding carboxylic acids is 2. The van der Waals surface area contributed by atoms with Crippen molar-refractivity contribution in [1.29, 1.82) is 0 Å². The molecule has 0 radical (unpaired) electrons. The van der Waals surface area contributed by atoms with Crippen molar-refractivity contribution in [3.8, 4) is 0 Å². The van der Waals surface area contributed by atoms with Gasteiger partial charge in [-0.25, -0.2) is 0 Å². The molecule has 4 rings (SSSR count). The molecule has 1 aromatic heterocycles. The summed E-state index contributed by atoms with van der Waals surface area (Å²) in [6.45, 7) is 5.94. The molecular formula is C16H19N3O4. The molecule has 2 bridgehead atoms. The van der Waals surface area contributed by atoms with Crippen LogP contribution in [0.4, 0.5) is 5.82 Å². The Labute approximate surface area is 133 Å². The Kier molecular flexibility index (Phi) is 2.93. The molecular weight excluding hydrogens is 298 g/mol. The number of rotatable bonds is 3. The highest BCUT2D eigenvalue weighted by Crippen LogP contribution is 2.52. The van der Waals surface area contributed by atoms with E-state index >= 15 is 0 Å². The number of carbonyl (C=O) groups is 2. The van der Waals surface area contributed by atoms with Gasteiger partial charge in [0.1, 0.15) is 11.4 Å². The summed E-state index contributed by atoms with van der Waals surface area (Å²) in [5.74, 6) is -0.153. The minimum absolute atomic E-state index is 0.0207. The smallest absolute Gasteiger partial charge is 0.235 e. The van der Waals surface area contributed by atoms with Crippen LogP contribution in [0.2, 0.25) is 0 Å². The van der Waals surface area contributed by atoms with Gasteiger partial charge in [-0.1, -0.05) is 17.3 Å². The second-order valence-corrected chi connectivity index (χ2v) is 6.78. The Balaban J connectivity index is 1.67. The highest BCUT2D eigenvalue weighted by Gasteiger charge is 2.67. The quantitative estimate of drug-likeness (QED) is 0.833. The molecule has 7 nitrogen and oxygen atoms in total. The molecule has 23 heavy (non-hydrogen) atoms. The van der Waals surface area contributed by atoms with Gasteiger partial charge in [-0.2, -0.15) is 0 Å². The highest BCUT2D eigenvalue weighted by atomic mass is 16.5. The van der Waals surface area contributed by atoms with Crippen LogP contribution in [0.25, 0.3) is 0 Å². The van der Waals surface area contributed by atoms with E-state index in [4.69, 9.17) is 9.26 Å². The van der Waals surface area contributed by atoms with Gasteiger partial charge < -0.3 is 14.6 Å². The van der Waals surface area contributed by atoms with E-state index in [0.29, 0.717) is 18.1 Å². The van der Waals surface area contributed by atoms with Gasteiger partial charge in [0.05, 0.1) is 24.5 Å². The summed E-state index contributed by atoms with van der Waals surface area (Å²) in [7, 11) is 0. The maximum Gasteiger partial charge on any atom is 0.235 e. The minimum atomic E-state index is -0.729. The number of aromatic nitrogens is 1. The van der Waals surface area contributed by atoms with Gasteiger partial charge in [-0.3, -0.25) is 14.5 Å². The van der Waals surface area contributed by atoms with E-state index in [0.717, 1.165) is 0 Å². The van der Waals surface area contributed by atoms with Crippen LogP contribution >= 0.6 is 0 Å². The molecule has 2 fully saturated rings. The van der Waals surface area contributed by atoms with Crippen LogP contribution in [0.3, 0.4) is 0 Å². The summed E-state index contributed by atoms with van der Waals surface area (Å²) in [5, 5.41) is 6.82. The number of hydrogen-bond acceptors (Lipinski definition) is 5. The molecule has 3 aliphatic heterocycles. The summed E-state index contributed by atoms with van der Waals surface area (Å²) in [6.07, 6.45) is 3.49. The summed E-state index contributed by atoms with van der Waals surface area (Å²) in [4.78, 5) is 27.0. The first-order valence-electron chi connectivity index (χ1n) is 7.83. The van der Waals surface area contributed by atoms with Crippen molar-refractivity contribution in [2.75, 3.05) is 11.4 Å². The molecule has 4 heterocycles. The topological polar surface area (TPSA) is 84.7 Å². The van der Waals surface area contributed by atoms with Crippen LogP contribution in [-0.2, 0) is 14.3 Å². The summed E-state index contributed by atoms with van der Waals surface area (Å²) in [5.41, 5.74) is -0.729. The fourth-order valence-corrected chi connectivity index (χ4v) is 3.85. The second-order valence-electron chi connectivity index (χ2n) is 6.78. The SMILES string of the molecule is Cc1cc(N2C[C@@]34C=C[C@H](O3)C(C(=O)NC(C)C)C4C2=O)no1. The predicted octanol–water partition coefficient (Wildman–Crippen LogP) is 0.794. The largest absolute Gasteiger partial charge is 0.360 e. The number of nitrogens with zero attached hydrogens (tertiary/aromatic N) is 2. The Morgan fingerprint density at radius 2 is 2.30 bits per heavy atom. The van der Waals surface area contributed by atoms with Crippen molar-refractivity contribution in [2.45, 2.75) is 38.5 Å². The molecule has 3 aliphatic rings. The normalized spacial score (nSPS) is 34.5. The molecule has 2 unspecified atom stereocenters. The Hall–Kier alpha value is -2.15. The Morgan fingerprint density at radius 3 is 2.96 bits per heavy atom. The second kappa shape index (κ2) is 4.67. The number of hydrogen-bond donors (Lipinski definition) is 1. The standard InChI is InChI=1S/C16H19N3O4/c1-8(2)17-14(20)12-10-4-5-16(22-10)7-19(15(21)13(12)16)11-6-9(3)23-18-11/h4-6,8,10,12-13H,7H2,1-3H3,(H,17,20)/t10-,12?,13?,16+/m0/s1. The predicted molar refractivity (Wildman–Crippen MR) is 80.6 cm³/mol. The Morgan fingerprint density at radius 1 is 1.52 bits per heavy atom. The van der Waals surface area contributed by atoms with Crippen LogP contribution < -0.4 is 10.2 Å². The Bertz CT molecular complexity index is 710. The first kappa shape index (κ1) is 14.4. The van der Waals surface area contributed by atoms with E-state index < -0.39 is 17.4 Å². The van der Waals surface area contributed by atoms with Crippen LogP contribution in [0.15, 0.2) is 22.7 Å². The molecule has 2 saturated heterocycles. The fourth-order valence-electron chi connectivity index (χ4n) is 3.85. The van der Waals surface area contributed by atoms with Crippen LogP contribution in [0.1, 0.15) is 19.6 Å². The van der Waals surface area contributed by atoms with E-state index in [-0.39, 0.29) is 24.0 Å². The zero-order chi connectivity index (χ0) is 16.4. The van der Waals surface area contributed by atoms with Crippen molar-refractivity contribution in [3.05, 3.63) is 24.0 Å². The number of anilines is 1. The lowest BCUT2D eigenvalue weighted by Gasteiger charge is -2.24. The minimum Gasteiger partial charge on any atom is -0.360 e. The number of amides is 2. The molecule has 0 saturated carbocycles. The number of aryl methyl sites for hydroxylation is 1. The molecule has 1 N–H and O–H groups in total. The van der Waals surface area contributed by atoms with Crippen molar-refractivity contribution in [3.63, 3.8) is 0 Å². The van der Waals surface area contributed by atoms with Crippen molar-refractivity contribution in [1.82, 2.24) is 10.5 Å². The van der Waals surface area contributed by atoms with Crippen LogP contribution in [0.5, 0.6) is 0 Å². The van der Waals surface area contributed by atoms with Gasteiger partial charge >= 0.3 is 0 Å². The van der Waals surface area contributed by atoms with E-state index in [2.05, 4.69) is 10.5 Å². The number of fused-ring (bicyclic) bond motifs is 1. The van der Waals surface area contributed by atoms with Crippen molar-refractivity contribution in [2.24, 2.45) is 11.8 Å². The van der Waals surface area contributed by atoms with E-state index in [1.165, 1.54) is 0 Å². The monoisotopic (exact) mass is 317 g/mol. The van der Waals surface area contributed by atoms with Gasteiger partial charge in [-0.15, -0.1) is 0 Å². The van der Waals surface area contributed by atoms with Crippen molar-refractivity contribution < 1.29 is 18.8 Å². The molecule has 1 spiro atoms. The molecule has 2 amide bonds. The number of nitrogens with one attached hydrogen (secondary N) is 1. The molecule has 122 valence electrons. The third-order valence-corrected chi connectivity index (χ3v) is 4.73. The maximum atomic E-state index is 12.9. The third kappa shape index (κ3) is 1.96. The lowest BCUT2D eigenvalue weighted by Crippen LogP contribution is -2.45. The third-order valence-electron chi connectivity index (χ3n) is 4.73. The lowest BCUT2D eigenvalue weighted by atomic mass is 9.76. The van der Waals surface area contributed by atoms with Crippen LogP contribution in [0, 0.1) is 18.8 Å². The molecule has 4 atom stereocenters. The van der Waals surface area contributed by atoms with E-state index in [1.54, 1.807) is 17.9 Å². The first-order chi connectivity index (χ1) is 10.9. The van der Waals surface area contributed by atoms with Gasteiger partial charge in [0.2, 0.25) is 11.8 Å². The van der Waals surface area contributed by atoms with Crippen molar-refractivity contribution >= 4 is 17.6 Å². The first-order valence-corrected chi connectivity index (χ1v) is 7.83. The average molecular weight is 317 g/mol. The van der Waals surface area contributed by atoms with E-state index in [9.17, 15) is 9.59 Å². The van der Waals surface area contributed by atoms with Gasteiger partial charge in [0.15, 0.2) is 5.82 Å². The summed E-state index contributed by atoms with van der Waals surface area (Å²) in [6, 6.07) is 1.74. The highest BCUT2D eigenvalue weighted by molar-refractivity contribution is 6.02. The molecule has 0 aliphatic carbocycles. The fraction of sp³-hybridized carbons (Fsp3) is 0.562. The molecule has 0 aromatic carbocycles. The van der Waals surface area contributed by atoms with Gasteiger partial charge in [0.25, 0.3) is 0 Å². The zero-order valence-corrected chi connectivity index (χ0v) is 13.3. The van der Waals surface area contributed by atoms with Gasteiger partial charge in [-0.05, 0) is 20.8 Å². The van der Waals surface area contributed by atoms with Crippen LogP contribution in [-0.4, -0.2) is 41.3 Å².